The molecule has 0 spiro atoms. The lowest BCUT2D eigenvalue weighted by Gasteiger charge is -2.47. The number of halogens is 7. The van der Waals surface area contributed by atoms with E-state index in [0.717, 1.165) is 19.8 Å². The number of aromatic nitrogens is 1. The van der Waals surface area contributed by atoms with E-state index in [-0.39, 0.29) is 24.2 Å². The molecular formula is C29H31F7N6O2. The fourth-order valence-electron chi connectivity index (χ4n) is 7.93. The van der Waals surface area contributed by atoms with Gasteiger partial charge in [0, 0.05) is 49.2 Å². The molecule has 44 heavy (non-hydrogen) atoms. The topological polar surface area (TPSA) is 95.8 Å². The molecule has 8 nitrogen and oxygen atoms in total. The third kappa shape index (κ3) is 4.32. The van der Waals surface area contributed by atoms with Gasteiger partial charge < -0.3 is 26.0 Å². The van der Waals surface area contributed by atoms with Crippen molar-refractivity contribution >= 4 is 17.3 Å². The summed E-state index contributed by atoms with van der Waals surface area (Å²) in [4.78, 5) is 21.5. The summed E-state index contributed by atoms with van der Waals surface area (Å²) in [5.41, 5.74) is -0.820. The monoisotopic (exact) mass is 628 g/mol. The zero-order valence-corrected chi connectivity index (χ0v) is 23.9. The van der Waals surface area contributed by atoms with Crippen molar-refractivity contribution < 1.29 is 40.3 Å². The second kappa shape index (κ2) is 9.59. The van der Waals surface area contributed by atoms with Crippen LogP contribution in [0.3, 0.4) is 0 Å². The highest BCUT2D eigenvalue weighted by molar-refractivity contribution is 6.03. The quantitative estimate of drug-likeness (QED) is 0.338. The molecule has 0 aliphatic carbocycles. The molecule has 0 radical (unpaired) electrons. The number of nitrogens with one attached hydrogen (secondary N) is 2. The van der Waals surface area contributed by atoms with Crippen LogP contribution in [0.1, 0.15) is 54.1 Å². The van der Waals surface area contributed by atoms with Crippen molar-refractivity contribution in [3.8, 4) is 17.1 Å². The number of amides is 1. The molecule has 5 aliphatic heterocycles. The van der Waals surface area contributed by atoms with E-state index in [2.05, 4.69) is 15.6 Å². The Kier molecular flexibility index (Phi) is 6.40. The number of hydrogen-bond donors (Lipinski definition) is 3. The third-order valence-electron chi connectivity index (χ3n) is 10.0. The lowest BCUT2D eigenvalue weighted by Crippen LogP contribution is -2.63. The first-order valence-corrected chi connectivity index (χ1v) is 14.6. The summed E-state index contributed by atoms with van der Waals surface area (Å²) in [5.74, 6) is -6.63. The van der Waals surface area contributed by atoms with Crippen LogP contribution in [0, 0.1) is 18.6 Å². The molecule has 4 saturated heterocycles. The van der Waals surface area contributed by atoms with Gasteiger partial charge in [0.1, 0.15) is 23.2 Å². The summed E-state index contributed by atoms with van der Waals surface area (Å²) in [5, 5.41) is 6.29. The number of anilines is 2. The van der Waals surface area contributed by atoms with Crippen molar-refractivity contribution in [2.45, 2.75) is 81.4 Å². The molecule has 6 heterocycles. The van der Waals surface area contributed by atoms with E-state index >= 15 is 4.39 Å². The van der Waals surface area contributed by atoms with E-state index in [1.807, 2.05) is 0 Å². The number of piperazine rings is 1. The van der Waals surface area contributed by atoms with Gasteiger partial charge in [0.15, 0.2) is 5.82 Å². The third-order valence-corrected chi connectivity index (χ3v) is 10.0. The van der Waals surface area contributed by atoms with Gasteiger partial charge in [0.05, 0.1) is 29.5 Å². The number of nitrogen functional groups attached to an aromatic ring is 1. The number of nitrogens with zero attached hydrogens (tertiary/aromatic N) is 3. The molecule has 1 aromatic carbocycles. The average molecular weight is 629 g/mol. The molecule has 4 N–H and O–H groups in total. The van der Waals surface area contributed by atoms with Crippen LogP contribution in [0.4, 0.5) is 42.1 Å². The number of alkyl halides is 5. The summed E-state index contributed by atoms with van der Waals surface area (Å²) in [7, 11) is 0. The maximum Gasteiger partial charge on any atom is 0.417 e. The van der Waals surface area contributed by atoms with Gasteiger partial charge in [-0.25, -0.2) is 22.5 Å². The molecule has 4 fully saturated rings. The van der Waals surface area contributed by atoms with E-state index in [0.29, 0.717) is 25.6 Å². The molecule has 5 aliphatic rings. The standard InChI is InChI=1S/C29H31F7N6O2/c1-12-19(29(34,35)36)15(7-16(37)20(12)30)22-21(31)23(38-10-27-5-6-41(27)11-28(32,33)9-27)18-25(40-22)44-13(2)24-17-4-3-14(39-17)8-42(24)26(18)43/h7,13-14,17,24,39H,3-6,8-11,37H2,1-2H3,(H,38,40)/t13-,14+,17-,24+,27?/m0/s1. The predicted octanol–water partition coefficient (Wildman–Crippen LogP) is 4.56. The molecule has 15 heteroatoms. The van der Waals surface area contributed by atoms with Crippen molar-refractivity contribution in [2.75, 3.05) is 37.2 Å². The first kappa shape index (κ1) is 29.4. The SMILES string of the molecule is Cc1c(F)c(N)cc(-c2nc3c(c(NCC45CCN4CC(F)(F)C5)c2F)C(=O)N2C[C@H]4CC[C@H](N4)[C@H]2[C@H](C)O3)c1C(F)(F)F. The van der Waals surface area contributed by atoms with Gasteiger partial charge in [0.2, 0.25) is 5.88 Å². The Morgan fingerprint density at radius 1 is 1.23 bits per heavy atom. The zero-order valence-electron chi connectivity index (χ0n) is 23.9. The van der Waals surface area contributed by atoms with Crippen molar-refractivity contribution in [3.63, 3.8) is 0 Å². The van der Waals surface area contributed by atoms with Crippen LogP contribution in [0.2, 0.25) is 0 Å². The number of ether oxygens (including phenoxy) is 1. The Hall–Kier alpha value is -3.33. The van der Waals surface area contributed by atoms with Gasteiger partial charge in [-0.1, -0.05) is 0 Å². The van der Waals surface area contributed by atoms with Gasteiger partial charge in [-0.2, -0.15) is 13.2 Å². The van der Waals surface area contributed by atoms with Crippen LogP contribution in [0.5, 0.6) is 5.88 Å². The Morgan fingerprint density at radius 2 is 1.98 bits per heavy atom. The van der Waals surface area contributed by atoms with Gasteiger partial charge in [-0.3, -0.25) is 9.69 Å². The maximum absolute atomic E-state index is 16.7. The normalized spacial score (nSPS) is 30.7. The Balaban J connectivity index is 1.41. The summed E-state index contributed by atoms with van der Waals surface area (Å²) in [6.07, 6.45) is -4.35. The first-order chi connectivity index (χ1) is 20.6. The van der Waals surface area contributed by atoms with Crippen LogP contribution in [-0.4, -0.2) is 82.6 Å². The number of carbonyl (C=O) groups is 1. The minimum absolute atomic E-state index is 0.00471. The summed E-state index contributed by atoms with van der Waals surface area (Å²) < 4.78 is 109. The predicted molar refractivity (Wildman–Crippen MR) is 146 cm³/mol. The molecule has 238 valence electrons. The van der Waals surface area contributed by atoms with E-state index in [1.165, 1.54) is 0 Å². The minimum Gasteiger partial charge on any atom is -0.472 e. The largest absolute Gasteiger partial charge is 0.472 e. The average Bonchev–Trinajstić information content (AvgIpc) is 3.35. The lowest BCUT2D eigenvalue weighted by atomic mass is 9.84. The molecule has 1 aromatic heterocycles. The van der Waals surface area contributed by atoms with E-state index in [9.17, 15) is 31.1 Å². The van der Waals surface area contributed by atoms with E-state index in [4.69, 9.17) is 10.5 Å². The molecule has 1 amide bonds. The second-order valence-electron chi connectivity index (χ2n) is 12.8. The Labute approximate surface area is 248 Å². The van der Waals surface area contributed by atoms with E-state index < -0.39 is 99.9 Å². The summed E-state index contributed by atoms with van der Waals surface area (Å²) >= 11 is 0. The number of pyridine rings is 1. The summed E-state index contributed by atoms with van der Waals surface area (Å²) in [6.45, 7) is 2.62. The number of rotatable bonds is 4. The molecule has 2 aromatic rings. The molecule has 2 bridgehead atoms. The number of carbonyl (C=O) groups excluding carboxylic acids is 1. The smallest absolute Gasteiger partial charge is 0.417 e. The molecular weight excluding hydrogens is 597 g/mol. The molecule has 5 atom stereocenters. The first-order valence-electron chi connectivity index (χ1n) is 14.6. The molecule has 0 saturated carbocycles. The zero-order chi connectivity index (χ0) is 31.5. The fourth-order valence-corrected chi connectivity index (χ4v) is 7.93. The van der Waals surface area contributed by atoms with Crippen molar-refractivity contribution in [1.82, 2.24) is 20.1 Å². The van der Waals surface area contributed by atoms with Crippen LogP contribution in [-0.2, 0) is 6.18 Å². The van der Waals surface area contributed by atoms with Crippen LogP contribution >= 0.6 is 0 Å². The number of nitrogens with two attached hydrogens (primary N) is 1. The Morgan fingerprint density at radius 3 is 2.64 bits per heavy atom. The van der Waals surface area contributed by atoms with Gasteiger partial charge in [-0.15, -0.1) is 0 Å². The maximum atomic E-state index is 16.7. The number of benzene rings is 1. The van der Waals surface area contributed by atoms with Crippen LogP contribution in [0.15, 0.2) is 6.07 Å². The van der Waals surface area contributed by atoms with Gasteiger partial charge >= 0.3 is 6.18 Å². The highest BCUT2D eigenvalue weighted by Gasteiger charge is 2.59. The highest BCUT2D eigenvalue weighted by atomic mass is 19.4. The Bertz CT molecular complexity index is 1570. The van der Waals surface area contributed by atoms with Gasteiger partial charge in [-0.05, 0) is 44.7 Å². The fraction of sp³-hybridized carbons (Fsp3) is 0.586. The van der Waals surface area contributed by atoms with Crippen LogP contribution < -0.4 is 21.1 Å². The minimum atomic E-state index is -5.13. The summed E-state index contributed by atoms with van der Waals surface area (Å²) in [6, 6.07) is 0.0657. The number of fused-ring (bicyclic) bond motifs is 6. The van der Waals surface area contributed by atoms with Crippen molar-refractivity contribution in [2.24, 2.45) is 0 Å². The second-order valence-corrected chi connectivity index (χ2v) is 12.8. The van der Waals surface area contributed by atoms with Crippen molar-refractivity contribution in [1.29, 1.82) is 0 Å². The van der Waals surface area contributed by atoms with Crippen LogP contribution in [0.25, 0.3) is 11.3 Å². The van der Waals surface area contributed by atoms with Gasteiger partial charge in [0.25, 0.3) is 11.8 Å². The van der Waals surface area contributed by atoms with Crippen molar-refractivity contribution in [3.05, 3.63) is 34.4 Å². The van der Waals surface area contributed by atoms with E-state index in [1.54, 1.807) is 16.7 Å². The molecule has 7 rings (SSSR count). The number of hydrogen-bond acceptors (Lipinski definition) is 7. The molecule has 1 unspecified atom stereocenters. The highest BCUT2D eigenvalue weighted by Crippen LogP contribution is 2.49. The lowest BCUT2D eigenvalue weighted by molar-refractivity contribution is -0.137.